The van der Waals surface area contributed by atoms with Crippen molar-refractivity contribution in [2.75, 3.05) is 46.3 Å². The van der Waals surface area contributed by atoms with E-state index in [0.29, 0.717) is 24.0 Å². The van der Waals surface area contributed by atoms with Crippen molar-refractivity contribution < 1.29 is 8.42 Å². The highest BCUT2D eigenvalue weighted by molar-refractivity contribution is 9.10. The summed E-state index contributed by atoms with van der Waals surface area (Å²) < 4.78 is 28.3. The van der Waals surface area contributed by atoms with Crippen LogP contribution in [0.15, 0.2) is 27.6 Å². The Labute approximate surface area is 153 Å². The molecule has 2 saturated heterocycles. The largest absolute Gasteiger partial charge is 0.305 e. The summed E-state index contributed by atoms with van der Waals surface area (Å²) in [4.78, 5) is 5.24. The Morgan fingerprint density at radius 1 is 1.12 bits per heavy atom. The van der Waals surface area contributed by atoms with Gasteiger partial charge in [0.25, 0.3) is 0 Å². The molecule has 0 aromatic heterocycles. The Kier molecular flexibility index (Phi) is 5.66. The molecule has 134 valence electrons. The quantitative estimate of drug-likeness (QED) is 0.758. The first kappa shape index (κ1) is 18.3. The second-order valence-corrected chi connectivity index (χ2v) is 9.70. The van der Waals surface area contributed by atoms with Crippen LogP contribution < -0.4 is 0 Å². The van der Waals surface area contributed by atoms with Crippen LogP contribution in [0.4, 0.5) is 0 Å². The number of hydrogen-bond acceptors (Lipinski definition) is 4. The van der Waals surface area contributed by atoms with E-state index < -0.39 is 10.0 Å². The molecule has 0 aliphatic carbocycles. The third-order valence-corrected chi connectivity index (χ3v) is 7.94. The van der Waals surface area contributed by atoms with Crippen molar-refractivity contribution in [3.05, 3.63) is 28.2 Å². The predicted molar refractivity (Wildman–Crippen MR) is 99.7 cm³/mol. The summed E-state index contributed by atoms with van der Waals surface area (Å²) in [5, 5.41) is 0. The van der Waals surface area contributed by atoms with Crippen LogP contribution in [-0.4, -0.2) is 74.9 Å². The summed E-state index contributed by atoms with van der Waals surface area (Å²) >= 11 is 3.43. The van der Waals surface area contributed by atoms with Gasteiger partial charge in [0.15, 0.2) is 0 Å². The van der Waals surface area contributed by atoms with E-state index in [1.807, 2.05) is 13.0 Å². The van der Waals surface area contributed by atoms with Gasteiger partial charge in [-0.1, -0.05) is 15.9 Å². The average molecular weight is 416 g/mol. The van der Waals surface area contributed by atoms with Crippen molar-refractivity contribution in [2.45, 2.75) is 30.7 Å². The van der Waals surface area contributed by atoms with Gasteiger partial charge in [0.05, 0.1) is 4.90 Å². The summed E-state index contributed by atoms with van der Waals surface area (Å²) in [6.45, 7) is 7.00. The molecule has 0 bridgehead atoms. The molecule has 2 fully saturated rings. The fraction of sp³-hybridized carbons (Fsp3) is 0.647. The van der Waals surface area contributed by atoms with E-state index in [9.17, 15) is 8.42 Å². The maximum atomic E-state index is 12.9. The van der Waals surface area contributed by atoms with Crippen molar-refractivity contribution in [2.24, 2.45) is 0 Å². The number of piperazine rings is 1. The van der Waals surface area contributed by atoms with Gasteiger partial charge in [-0.05, 0) is 57.1 Å². The number of benzene rings is 1. The van der Waals surface area contributed by atoms with Gasteiger partial charge in [0.2, 0.25) is 10.0 Å². The zero-order valence-electron chi connectivity index (χ0n) is 14.4. The second-order valence-electron chi connectivity index (χ2n) is 6.91. The minimum absolute atomic E-state index is 0.397. The van der Waals surface area contributed by atoms with Crippen LogP contribution in [0.2, 0.25) is 0 Å². The highest BCUT2D eigenvalue weighted by Gasteiger charge is 2.32. The summed E-state index contributed by atoms with van der Waals surface area (Å²) in [7, 11) is -1.22. The van der Waals surface area contributed by atoms with Gasteiger partial charge in [-0.2, -0.15) is 4.31 Å². The van der Waals surface area contributed by atoms with Gasteiger partial charge < -0.3 is 4.90 Å². The molecule has 0 amide bonds. The molecule has 1 aromatic rings. The van der Waals surface area contributed by atoms with E-state index in [1.165, 1.54) is 19.4 Å². The smallest absolute Gasteiger partial charge is 0.243 e. The molecule has 0 N–H and O–H groups in total. The lowest BCUT2D eigenvalue weighted by atomic mass is 10.0. The van der Waals surface area contributed by atoms with Crippen LogP contribution >= 0.6 is 15.9 Å². The number of hydrogen-bond donors (Lipinski definition) is 0. The molecule has 24 heavy (non-hydrogen) atoms. The lowest BCUT2D eigenvalue weighted by Crippen LogP contribution is -2.55. The molecule has 2 aliphatic heterocycles. The van der Waals surface area contributed by atoms with Crippen molar-refractivity contribution in [1.29, 1.82) is 0 Å². The average Bonchev–Trinajstić information content (AvgIpc) is 2.57. The van der Waals surface area contributed by atoms with Crippen LogP contribution in [0.1, 0.15) is 18.4 Å². The van der Waals surface area contributed by atoms with Gasteiger partial charge in [-0.15, -0.1) is 0 Å². The number of aryl methyl sites for hydroxylation is 1. The molecule has 3 rings (SSSR count). The molecule has 2 aliphatic rings. The van der Waals surface area contributed by atoms with E-state index in [4.69, 9.17) is 0 Å². The molecule has 1 unspecified atom stereocenters. The lowest BCUT2D eigenvalue weighted by molar-refractivity contribution is 0.0824. The summed E-state index contributed by atoms with van der Waals surface area (Å²) in [6.07, 6.45) is 2.46. The monoisotopic (exact) mass is 415 g/mol. The van der Waals surface area contributed by atoms with Crippen molar-refractivity contribution in [3.63, 3.8) is 0 Å². The molecular formula is C17H26BrN3O2S. The lowest BCUT2D eigenvalue weighted by Gasteiger charge is -2.42. The van der Waals surface area contributed by atoms with Gasteiger partial charge in [0, 0.05) is 43.2 Å². The molecule has 0 spiro atoms. The number of piperidine rings is 1. The number of halogens is 1. The standard InChI is InChI=1S/C17H26BrN3O2S/c1-14-12-16(5-6-17(14)18)24(22,23)21-10-8-20(9-11-21)15-4-3-7-19(2)13-15/h5-6,12,15H,3-4,7-11,13H2,1-2H3. The Morgan fingerprint density at radius 2 is 1.83 bits per heavy atom. The summed E-state index contributed by atoms with van der Waals surface area (Å²) in [5.41, 5.74) is 0.944. The molecule has 1 atom stereocenters. The second kappa shape index (κ2) is 7.41. The van der Waals surface area contributed by atoms with Gasteiger partial charge in [-0.3, -0.25) is 4.90 Å². The topological polar surface area (TPSA) is 43.9 Å². The van der Waals surface area contributed by atoms with E-state index in [2.05, 4.69) is 32.8 Å². The van der Waals surface area contributed by atoms with E-state index in [0.717, 1.165) is 29.7 Å². The Morgan fingerprint density at radius 3 is 2.46 bits per heavy atom. The van der Waals surface area contributed by atoms with E-state index in [1.54, 1.807) is 16.4 Å². The van der Waals surface area contributed by atoms with E-state index >= 15 is 0 Å². The van der Waals surface area contributed by atoms with Crippen LogP contribution in [0.5, 0.6) is 0 Å². The zero-order chi connectivity index (χ0) is 17.3. The molecule has 0 radical (unpaired) electrons. The Bertz CT molecular complexity index is 687. The van der Waals surface area contributed by atoms with Crippen LogP contribution in [-0.2, 0) is 10.0 Å². The van der Waals surface area contributed by atoms with Crippen molar-refractivity contribution >= 4 is 26.0 Å². The summed E-state index contributed by atoms with van der Waals surface area (Å²) in [6, 6.07) is 5.83. The van der Waals surface area contributed by atoms with Crippen molar-refractivity contribution in [3.8, 4) is 0 Å². The minimum atomic E-state index is -3.39. The van der Waals surface area contributed by atoms with Crippen LogP contribution in [0.3, 0.4) is 0 Å². The number of rotatable bonds is 3. The first-order valence-corrected chi connectivity index (χ1v) is 10.8. The van der Waals surface area contributed by atoms with Crippen LogP contribution in [0.25, 0.3) is 0 Å². The maximum Gasteiger partial charge on any atom is 0.243 e. The van der Waals surface area contributed by atoms with E-state index in [-0.39, 0.29) is 0 Å². The zero-order valence-corrected chi connectivity index (χ0v) is 16.8. The molecule has 2 heterocycles. The molecule has 1 aromatic carbocycles. The first-order valence-electron chi connectivity index (χ1n) is 8.57. The third-order valence-electron chi connectivity index (χ3n) is 5.16. The highest BCUT2D eigenvalue weighted by Crippen LogP contribution is 2.24. The molecular weight excluding hydrogens is 390 g/mol. The third kappa shape index (κ3) is 3.85. The SMILES string of the molecule is Cc1cc(S(=O)(=O)N2CCN(C3CCCN(C)C3)CC2)ccc1Br. The Balaban J connectivity index is 1.66. The minimum Gasteiger partial charge on any atom is -0.305 e. The fourth-order valence-electron chi connectivity index (χ4n) is 3.67. The highest BCUT2D eigenvalue weighted by atomic mass is 79.9. The Hall–Kier alpha value is -0.470. The molecule has 0 saturated carbocycles. The number of nitrogens with zero attached hydrogens (tertiary/aromatic N) is 3. The van der Waals surface area contributed by atoms with Gasteiger partial charge >= 0.3 is 0 Å². The molecule has 5 nitrogen and oxygen atoms in total. The van der Waals surface area contributed by atoms with Crippen molar-refractivity contribution in [1.82, 2.24) is 14.1 Å². The van der Waals surface area contributed by atoms with Gasteiger partial charge in [-0.25, -0.2) is 8.42 Å². The predicted octanol–water partition coefficient (Wildman–Crippen LogP) is 2.16. The number of sulfonamides is 1. The molecule has 7 heteroatoms. The number of likely N-dealkylation sites (tertiary alicyclic amines) is 1. The first-order chi connectivity index (χ1) is 11.4. The van der Waals surface area contributed by atoms with Gasteiger partial charge in [0.1, 0.15) is 0 Å². The number of likely N-dealkylation sites (N-methyl/N-ethyl adjacent to an activating group) is 1. The maximum absolute atomic E-state index is 12.9. The normalized spacial score (nSPS) is 25.0. The summed E-state index contributed by atoms with van der Waals surface area (Å²) in [5.74, 6) is 0. The van der Waals surface area contributed by atoms with Crippen LogP contribution in [0, 0.1) is 6.92 Å². The fourth-order valence-corrected chi connectivity index (χ4v) is 5.43.